The second kappa shape index (κ2) is 6.75. The number of H-pyrrole nitrogens is 1. The van der Waals surface area contributed by atoms with Gasteiger partial charge in [0.05, 0.1) is 6.04 Å². The second-order valence-electron chi connectivity index (χ2n) is 6.88. The third kappa shape index (κ3) is 3.18. The molecule has 1 amide bonds. The minimum absolute atomic E-state index is 0.257. The van der Waals surface area contributed by atoms with E-state index in [1.165, 1.54) is 10.9 Å². The van der Waals surface area contributed by atoms with Crippen LogP contribution in [0.4, 0.5) is 0 Å². The molecule has 1 aromatic carbocycles. The summed E-state index contributed by atoms with van der Waals surface area (Å²) in [4.78, 5) is 22.4. The number of para-hydroxylation sites is 1. The summed E-state index contributed by atoms with van der Waals surface area (Å²) < 4.78 is 2.21. The Hall–Kier alpha value is -2.56. The van der Waals surface area contributed by atoms with Gasteiger partial charge in [-0.05, 0) is 37.8 Å². The van der Waals surface area contributed by atoms with Gasteiger partial charge in [-0.2, -0.15) is 0 Å². The molecule has 3 aromatic rings. The molecule has 2 aromatic heterocycles. The largest absolute Gasteiger partial charge is 0.361 e. The van der Waals surface area contributed by atoms with E-state index < -0.39 is 0 Å². The van der Waals surface area contributed by atoms with E-state index in [9.17, 15) is 4.79 Å². The van der Waals surface area contributed by atoms with E-state index in [2.05, 4.69) is 26.7 Å². The Morgan fingerprint density at radius 3 is 3.08 bits per heavy atom. The SMILES string of the molecule is Cc1nccn1C1CCCN(C(=O)CCc2c[nH]c3ccccc23)C1. The van der Waals surface area contributed by atoms with Gasteiger partial charge in [0.25, 0.3) is 0 Å². The number of nitrogens with zero attached hydrogens (tertiary/aromatic N) is 3. The van der Waals surface area contributed by atoms with Crippen molar-refractivity contribution in [1.82, 2.24) is 19.4 Å². The number of hydrogen-bond acceptors (Lipinski definition) is 2. The molecule has 3 heterocycles. The van der Waals surface area contributed by atoms with Crippen LogP contribution in [-0.2, 0) is 11.2 Å². The minimum atomic E-state index is 0.257. The third-order valence-electron chi connectivity index (χ3n) is 5.29. The van der Waals surface area contributed by atoms with Crippen LogP contribution in [0, 0.1) is 6.92 Å². The molecular weight excluding hydrogens is 312 g/mol. The molecule has 1 atom stereocenters. The fourth-order valence-electron chi connectivity index (χ4n) is 3.92. The van der Waals surface area contributed by atoms with Gasteiger partial charge in [0.2, 0.25) is 5.91 Å². The molecule has 0 radical (unpaired) electrons. The van der Waals surface area contributed by atoms with Crippen LogP contribution in [0.3, 0.4) is 0 Å². The van der Waals surface area contributed by atoms with Crippen molar-refractivity contribution in [3.63, 3.8) is 0 Å². The zero-order valence-electron chi connectivity index (χ0n) is 14.6. The number of aromatic amines is 1. The molecule has 1 aliphatic rings. The molecule has 130 valence electrons. The number of piperidine rings is 1. The summed E-state index contributed by atoms with van der Waals surface area (Å²) in [5.41, 5.74) is 2.36. The van der Waals surface area contributed by atoms with Gasteiger partial charge >= 0.3 is 0 Å². The summed E-state index contributed by atoms with van der Waals surface area (Å²) in [7, 11) is 0. The molecular formula is C20H24N4O. The lowest BCUT2D eigenvalue weighted by Gasteiger charge is -2.34. The van der Waals surface area contributed by atoms with E-state index in [0.717, 1.165) is 43.7 Å². The lowest BCUT2D eigenvalue weighted by atomic mass is 10.0. The molecule has 1 N–H and O–H groups in total. The van der Waals surface area contributed by atoms with Crippen molar-refractivity contribution in [1.29, 1.82) is 0 Å². The Labute approximate surface area is 147 Å². The Morgan fingerprint density at radius 1 is 1.36 bits per heavy atom. The van der Waals surface area contributed by atoms with Crippen LogP contribution in [0.1, 0.15) is 36.7 Å². The summed E-state index contributed by atoms with van der Waals surface area (Å²) in [5, 5.41) is 1.22. The van der Waals surface area contributed by atoms with Gasteiger partial charge in [0.15, 0.2) is 0 Å². The number of benzene rings is 1. The number of carbonyl (C=O) groups excluding carboxylic acids is 1. The molecule has 5 heteroatoms. The van der Waals surface area contributed by atoms with Crippen LogP contribution in [0.15, 0.2) is 42.9 Å². The normalized spacial score (nSPS) is 18.0. The van der Waals surface area contributed by atoms with Gasteiger partial charge in [0.1, 0.15) is 5.82 Å². The topological polar surface area (TPSA) is 53.9 Å². The Balaban J connectivity index is 1.40. The van der Waals surface area contributed by atoms with Gasteiger partial charge in [0, 0.05) is 49.0 Å². The number of amides is 1. The predicted octanol–water partition coefficient (Wildman–Crippen LogP) is 3.47. The highest BCUT2D eigenvalue weighted by molar-refractivity contribution is 5.84. The van der Waals surface area contributed by atoms with Crippen molar-refractivity contribution in [3.8, 4) is 0 Å². The van der Waals surface area contributed by atoms with Crippen LogP contribution in [0.2, 0.25) is 0 Å². The number of rotatable bonds is 4. The second-order valence-corrected chi connectivity index (χ2v) is 6.88. The van der Waals surface area contributed by atoms with Crippen molar-refractivity contribution in [2.75, 3.05) is 13.1 Å². The molecule has 0 aliphatic carbocycles. The Morgan fingerprint density at radius 2 is 2.24 bits per heavy atom. The Kier molecular flexibility index (Phi) is 4.30. The Bertz CT molecular complexity index is 879. The summed E-state index contributed by atoms with van der Waals surface area (Å²) in [5.74, 6) is 1.28. The monoisotopic (exact) mass is 336 g/mol. The first-order valence-electron chi connectivity index (χ1n) is 9.04. The maximum Gasteiger partial charge on any atom is 0.222 e. The molecule has 1 saturated heterocycles. The molecule has 0 bridgehead atoms. The number of likely N-dealkylation sites (tertiary alicyclic amines) is 1. The molecule has 1 fully saturated rings. The van der Waals surface area contributed by atoms with Crippen molar-refractivity contribution < 1.29 is 4.79 Å². The van der Waals surface area contributed by atoms with Gasteiger partial charge in [-0.3, -0.25) is 4.79 Å². The van der Waals surface area contributed by atoms with Gasteiger partial charge in [-0.25, -0.2) is 4.98 Å². The maximum atomic E-state index is 12.7. The molecule has 4 rings (SSSR count). The molecule has 0 spiro atoms. The van der Waals surface area contributed by atoms with Crippen LogP contribution in [-0.4, -0.2) is 38.4 Å². The van der Waals surface area contributed by atoms with E-state index in [0.29, 0.717) is 12.5 Å². The fourth-order valence-corrected chi connectivity index (χ4v) is 3.92. The van der Waals surface area contributed by atoms with Gasteiger partial charge < -0.3 is 14.5 Å². The lowest BCUT2D eigenvalue weighted by Crippen LogP contribution is -2.40. The van der Waals surface area contributed by atoms with E-state index in [1.54, 1.807) is 0 Å². The maximum absolute atomic E-state index is 12.7. The van der Waals surface area contributed by atoms with Crippen molar-refractivity contribution >= 4 is 16.8 Å². The number of aryl methyl sites for hydroxylation is 2. The summed E-state index contributed by atoms with van der Waals surface area (Å²) in [6.45, 7) is 3.69. The number of imidazole rings is 1. The molecule has 1 aliphatic heterocycles. The molecule has 25 heavy (non-hydrogen) atoms. The molecule has 5 nitrogen and oxygen atoms in total. The summed E-state index contributed by atoms with van der Waals surface area (Å²) >= 11 is 0. The van der Waals surface area contributed by atoms with Crippen LogP contribution in [0.25, 0.3) is 10.9 Å². The molecule has 1 unspecified atom stereocenters. The van der Waals surface area contributed by atoms with Crippen LogP contribution < -0.4 is 0 Å². The first kappa shape index (κ1) is 15.9. The number of carbonyl (C=O) groups is 1. The molecule has 0 saturated carbocycles. The van der Waals surface area contributed by atoms with Gasteiger partial charge in [-0.15, -0.1) is 0 Å². The third-order valence-corrected chi connectivity index (χ3v) is 5.29. The fraction of sp³-hybridized carbons (Fsp3) is 0.400. The number of hydrogen-bond donors (Lipinski definition) is 1. The highest BCUT2D eigenvalue weighted by Crippen LogP contribution is 2.24. The lowest BCUT2D eigenvalue weighted by molar-refractivity contribution is -0.132. The summed E-state index contributed by atoms with van der Waals surface area (Å²) in [6, 6.07) is 8.62. The zero-order chi connectivity index (χ0) is 17.2. The average Bonchev–Trinajstić information content (AvgIpc) is 3.26. The van der Waals surface area contributed by atoms with Gasteiger partial charge in [-0.1, -0.05) is 18.2 Å². The number of fused-ring (bicyclic) bond motifs is 1. The van der Waals surface area contributed by atoms with Crippen molar-refractivity contribution in [2.24, 2.45) is 0 Å². The highest BCUT2D eigenvalue weighted by Gasteiger charge is 2.25. The zero-order valence-corrected chi connectivity index (χ0v) is 14.6. The van der Waals surface area contributed by atoms with E-state index in [4.69, 9.17) is 0 Å². The minimum Gasteiger partial charge on any atom is -0.361 e. The van der Waals surface area contributed by atoms with Crippen LogP contribution >= 0.6 is 0 Å². The first-order chi connectivity index (χ1) is 12.2. The summed E-state index contributed by atoms with van der Waals surface area (Å²) in [6.07, 6.45) is 9.43. The van der Waals surface area contributed by atoms with Crippen molar-refractivity contribution in [2.45, 2.75) is 38.6 Å². The van der Waals surface area contributed by atoms with E-state index in [1.807, 2.05) is 42.5 Å². The predicted molar refractivity (Wildman–Crippen MR) is 98.4 cm³/mol. The quantitative estimate of drug-likeness (QED) is 0.793. The van der Waals surface area contributed by atoms with Crippen LogP contribution in [0.5, 0.6) is 0 Å². The van der Waals surface area contributed by atoms with Crippen molar-refractivity contribution in [3.05, 3.63) is 54.2 Å². The average molecular weight is 336 g/mol. The number of nitrogens with one attached hydrogen (secondary N) is 1. The highest BCUT2D eigenvalue weighted by atomic mass is 16.2. The first-order valence-corrected chi connectivity index (χ1v) is 9.04. The number of aromatic nitrogens is 3. The smallest absolute Gasteiger partial charge is 0.222 e. The standard InChI is InChI=1S/C20H24N4O/c1-15-21-10-12-24(15)17-5-4-11-23(14-17)20(25)9-8-16-13-22-19-7-3-2-6-18(16)19/h2-3,6-7,10,12-13,17,22H,4-5,8-9,11,14H2,1H3. The van der Waals surface area contributed by atoms with E-state index >= 15 is 0 Å². The van der Waals surface area contributed by atoms with E-state index in [-0.39, 0.29) is 5.91 Å².